The van der Waals surface area contributed by atoms with Crippen LogP contribution in [0.2, 0.25) is 0 Å². The number of aromatic nitrogens is 5. The van der Waals surface area contributed by atoms with Gasteiger partial charge in [-0.25, -0.2) is 13.8 Å². The minimum Gasteiger partial charge on any atom is -0.342 e. The largest absolute Gasteiger partial charge is 0.342 e. The average Bonchev–Trinajstić information content (AvgIpc) is 3.39. The van der Waals surface area contributed by atoms with Crippen LogP contribution in [0.25, 0.3) is 11.6 Å². The molecular weight excluding hydrogens is 358 g/mol. The van der Waals surface area contributed by atoms with E-state index in [2.05, 4.69) is 25.3 Å². The number of amides is 1. The van der Waals surface area contributed by atoms with Gasteiger partial charge >= 0.3 is 0 Å². The first-order valence-corrected chi connectivity index (χ1v) is 8.52. The molecule has 0 unspecified atom stereocenters. The lowest BCUT2D eigenvalue weighted by molar-refractivity contribution is -0.130. The zero-order chi connectivity index (χ0) is 18.8. The smallest absolute Gasteiger partial charge is 0.239 e. The summed E-state index contributed by atoms with van der Waals surface area (Å²) in [7, 11) is 0. The lowest BCUT2D eigenvalue weighted by Gasteiger charge is -2.17. The fraction of sp³-hybridized carbons (Fsp3) is 0.353. The minimum atomic E-state index is -0.569. The molecule has 8 nitrogen and oxygen atoms in total. The van der Waals surface area contributed by atoms with Crippen LogP contribution in [0.5, 0.6) is 0 Å². The Morgan fingerprint density at radius 1 is 1.33 bits per heavy atom. The van der Waals surface area contributed by atoms with E-state index in [4.69, 9.17) is 4.52 Å². The Kier molecular flexibility index (Phi) is 4.61. The maximum absolute atomic E-state index is 13.9. The molecule has 1 aliphatic rings. The number of nitrogens with one attached hydrogen (secondary N) is 1. The van der Waals surface area contributed by atoms with Crippen LogP contribution >= 0.6 is 0 Å². The first-order valence-electron chi connectivity index (χ1n) is 8.52. The Morgan fingerprint density at radius 3 is 2.89 bits per heavy atom. The second-order valence-electron chi connectivity index (χ2n) is 6.31. The number of benzene rings is 1. The van der Waals surface area contributed by atoms with Crippen LogP contribution in [0.3, 0.4) is 0 Å². The van der Waals surface area contributed by atoms with Gasteiger partial charge in [-0.05, 0) is 18.6 Å². The number of halogens is 2. The Balaban J connectivity index is 1.34. The van der Waals surface area contributed by atoms with E-state index in [0.29, 0.717) is 31.2 Å². The highest BCUT2D eigenvalue weighted by Crippen LogP contribution is 2.31. The molecule has 1 saturated heterocycles. The summed E-state index contributed by atoms with van der Waals surface area (Å²) in [6, 6.07) is 3.82. The Morgan fingerprint density at radius 2 is 2.15 bits per heavy atom. The van der Waals surface area contributed by atoms with Crippen molar-refractivity contribution in [1.82, 2.24) is 30.2 Å². The third-order valence-electron chi connectivity index (χ3n) is 4.60. The highest BCUT2D eigenvalue weighted by atomic mass is 19.1. The minimum absolute atomic E-state index is 0.0569. The molecule has 10 heteroatoms. The zero-order valence-electron chi connectivity index (χ0n) is 14.2. The molecular formula is C17H16F2N6O2. The molecule has 1 aliphatic heterocycles. The van der Waals surface area contributed by atoms with Gasteiger partial charge in [-0.15, -0.1) is 0 Å². The van der Waals surface area contributed by atoms with Crippen molar-refractivity contribution in [2.75, 3.05) is 13.1 Å². The Bertz CT molecular complexity index is 923. The van der Waals surface area contributed by atoms with Gasteiger partial charge in [0.1, 0.15) is 18.0 Å². The van der Waals surface area contributed by atoms with Gasteiger partial charge in [-0.2, -0.15) is 10.1 Å². The van der Waals surface area contributed by atoms with Crippen LogP contribution in [-0.4, -0.2) is 49.2 Å². The third kappa shape index (κ3) is 3.55. The lowest BCUT2D eigenvalue weighted by atomic mass is 9.97. The quantitative estimate of drug-likeness (QED) is 0.734. The summed E-state index contributed by atoms with van der Waals surface area (Å²) in [5.74, 6) is -0.632. The molecule has 1 aromatic carbocycles. The molecule has 0 bridgehead atoms. The maximum Gasteiger partial charge on any atom is 0.239 e. The summed E-state index contributed by atoms with van der Waals surface area (Å²) in [4.78, 5) is 22.1. The summed E-state index contributed by atoms with van der Waals surface area (Å²) in [5, 5.41) is 10.1. The van der Waals surface area contributed by atoms with Gasteiger partial charge in [0.05, 0.1) is 0 Å². The zero-order valence-corrected chi connectivity index (χ0v) is 14.2. The number of carbonyl (C=O) groups is 1. The molecule has 140 valence electrons. The van der Waals surface area contributed by atoms with Gasteiger partial charge in [-0.1, -0.05) is 11.2 Å². The summed E-state index contributed by atoms with van der Waals surface area (Å²) < 4.78 is 33.0. The van der Waals surface area contributed by atoms with Crippen molar-refractivity contribution in [3.63, 3.8) is 0 Å². The fourth-order valence-corrected chi connectivity index (χ4v) is 3.26. The summed E-state index contributed by atoms with van der Waals surface area (Å²) in [6.07, 6.45) is 2.30. The van der Waals surface area contributed by atoms with Crippen molar-refractivity contribution in [3.05, 3.63) is 47.6 Å². The van der Waals surface area contributed by atoms with E-state index >= 15 is 0 Å². The van der Waals surface area contributed by atoms with E-state index in [1.54, 1.807) is 4.90 Å². The number of aryl methyl sites for hydroxylation is 1. The summed E-state index contributed by atoms with van der Waals surface area (Å²) >= 11 is 0. The molecule has 3 aromatic rings. The number of H-pyrrole nitrogens is 1. The highest BCUT2D eigenvalue weighted by Gasteiger charge is 2.30. The van der Waals surface area contributed by atoms with E-state index in [1.807, 2.05) is 0 Å². The van der Waals surface area contributed by atoms with Gasteiger partial charge in [0.15, 0.2) is 5.82 Å². The van der Waals surface area contributed by atoms with Crippen LogP contribution in [0.4, 0.5) is 8.78 Å². The number of rotatable bonds is 5. The lowest BCUT2D eigenvalue weighted by Crippen LogP contribution is -2.28. The van der Waals surface area contributed by atoms with Gasteiger partial charge in [0.25, 0.3) is 0 Å². The summed E-state index contributed by atoms with van der Waals surface area (Å²) in [5.41, 5.74) is 0.0569. The molecule has 1 fully saturated rings. The molecule has 1 N–H and O–H groups in total. The second-order valence-corrected chi connectivity index (χ2v) is 6.31. The number of hydrogen-bond donors (Lipinski definition) is 1. The van der Waals surface area contributed by atoms with Gasteiger partial charge < -0.3 is 9.42 Å². The molecule has 27 heavy (non-hydrogen) atoms. The third-order valence-corrected chi connectivity index (χ3v) is 4.60. The van der Waals surface area contributed by atoms with Crippen molar-refractivity contribution in [3.8, 4) is 11.6 Å². The molecule has 3 heterocycles. The highest BCUT2D eigenvalue weighted by molar-refractivity contribution is 5.76. The van der Waals surface area contributed by atoms with Crippen LogP contribution < -0.4 is 0 Å². The normalized spacial score (nSPS) is 16.8. The van der Waals surface area contributed by atoms with E-state index in [-0.39, 0.29) is 36.1 Å². The maximum atomic E-state index is 13.9. The van der Waals surface area contributed by atoms with Crippen molar-refractivity contribution >= 4 is 5.91 Å². The SMILES string of the molecule is O=C(CCc1nc(-c2ncn[nH]2)no1)N1CC[C@H](c2c(F)cccc2F)C1. The van der Waals surface area contributed by atoms with E-state index < -0.39 is 11.6 Å². The predicted molar refractivity (Wildman–Crippen MR) is 88.3 cm³/mol. The molecule has 0 saturated carbocycles. The van der Waals surface area contributed by atoms with Crippen LogP contribution in [0.15, 0.2) is 29.0 Å². The molecule has 2 aromatic heterocycles. The van der Waals surface area contributed by atoms with Crippen molar-refractivity contribution in [1.29, 1.82) is 0 Å². The van der Waals surface area contributed by atoms with Gasteiger partial charge in [0, 0.05) is 37.4 Å². The Hall–Kier alpha value is -3.17. The first kappa shape index (κ1) is 17.3. The first-order chi connectivity index (χ1) is 13.1. The molecule has 0 radical (unpaired) electrons. The Labute approximate surface area is 152 Å². The van der Waals surface area contributed by atoms with E-state index in [9.17, 15) is 13.6 Å². The average molecular weight is 374 g/mol. The number of aromatic amines is 1. The van der Waals surface area contributed by atoms with Crippen molar-refractivity contribution in [2.24, 2.45) is 0 Å². The predicted octanol–water partition coefficient (Wildman–Crippen LogP) is 2.08. The topological polar surface area (TPSA) is 101 Å². The number of hydrogen-bond acceptors (Lipinski definition) is 6. The van der Waals surface area contributed by atoms with Crippen molar-refractivity contribution < 1.29 is 18.1 Å². The molecule has 0 aliphatic carbocycles. The summed E-state index contributed by atoms with van der Waals surface area (Å²) in [6.45, 7) is 0.758. The molecule has 1 amide bonds. The van der Waals surface area contributed by atoms with E-state index in [1.165, 1.54) is 24.5 Å². The van der Waals surface area contributed by atoms with Crippen molar-refractivity contribution in [2.45, 2.75) is 25.2 Å². The van der Waals surface area contributed by atoms with Crippen LogP contribution in [0, 0.1) is 11.6 Å². The number of likely N-dealkylation sites (tertiary alicyclic amines) is 1. The molecule has 4 rings (SSSR count). The molecule has 0 spiro atoms. The number of nitrogens with zero attached hydrogens (tertiary/aromatic N) is 5. The number of carbonyl (C=O) groups excluding carboxylic acids is 1. The van der Waals surface area contributed by atoms with E-state index in [0.717, 1.165) is 0 Å². The van der Waals surface area contributed by atoms with Crippen LogP contribution in [-0.2, 0) is 11.2 Å². The second kappa shape index (κ2) is 7.22. The molecule has 1 atom stereocenters. The fourth-order valence-electron chi connectivity index (χ4n) is 3.26. The van der Waals surface area contributed by atoms with Crippen LogP contribution in [0.1, 0.15) is 30.2 Å². The monoisotopic (exact) mass is 374 g/mol. The van der Waals surface area contributed by atoms with Gasteiger partial charge in [-0.3, -0.25) is 9.89 Å². The standard InChI is InChI=1S/C17H16F2N6O2/c18-11-2-1-3-12(19)15(11)10-6-7-25(8-10)14(26)5-4-13-22-17(24-27-13)16-20-9-21-23-16/h1-3,9-10H,4-8H2,(H,20,21,23)/t10-/m0/s1. The van der Waals surface area contributed by atoms with Gasteiger partial charge in [0.2, 0.25) is 17.6 Å².